The van der Waals surface area contributed by atoms with Crippen molar-refractivity contribution in [1.29, 1.82) is 0 Å². The van der Waals surface area contributed by atoms with Gasteiger partial charge in [-0.15, -0.1) is 0 Å². The maximum atomic E-state index is 11.9. The zero-order valence-corrected chi connectivity index (χ0v) is 15.1. The van der Waals surface area contributed by atoms with Gasteiger partial charge in [-0.25, -0.2) is 4.79 Å². The van der Waals surface area contributed by atoms with Crippen LogP contribution in [0, 0.1) is 0 Å². The Morgan fingerprint density at radius 3 is 1.42 bits per heavy atom. The van der Waals surface area contributed by atoms with Crippen molar-refractivity contribution in [2.45, 2.75) is 36.8 Å². The van der Waals surface area contributed by atoms with Crippen LogP contribution in [0.25, 0.3) is 0 Å². The molecule has 24 heavy (non-hydrogen) atoms. The standard InChI is InChI=1S/C19H20Cl2O3/c1-13(15-9-5-3-6-10-15)17(20)23-19(22)24-18(21)14(2)16-11-7-4-8-12-16/h3-14,17-18H,1-2H3/t13-,14-,17?,18?/m0/s1. The Labute approximate surface area is 152 Å². The summed E-state index contributed by atoms with van der Waals surface area (Å²) >= 11 is 12.3. The summed E-state index contributed by atoms with van der Waals surface area (Å²) in [5.41, 5.74) is 0.280. The molecule has 0 bridgehead atoms. The molecule has 0 spiro atoms. The minimum absolute atomic E-state index is 0.166. The molecule has 0 aliphatic heterocycles. The third-order valence-electron chi connectivity index (χ3n) is 3.85. The fraction of sp³-hybridized carbons (Fsp3) is 0.316. The van der Waals surface area contributed by atoms with Gasteiger partial charge in [0.25, 0.3) is 0 Å². The largest absolute Gasteiger partial charge is 0.511 e. The highest BCUT2D eigenvalue weighted by atomic mass is 35.5. The molecule has 0 aliphatic rings. The quantitative estimate of drug-likeness (QED) is 0.473. The molecule has 0 aromatic heterocycles. The molecule has 128 valence electrons. The number of hydrogen-bond acceptors (Lipinski definition) is 3. The van der Waals surface area contributed by atoms with E-state index in [0.29, 0.717) is 0 Å². The minimum atomic E-state index is -0.874. The van der Waals surface area contributed by atoms with Gasteiger partial charge in [-0.05, 0) is 11.1 Å². The van der Waals surface area contributed by atoms with E-state index in [1.165, 1.54) is 0 Å². The van der Waals surface area contributed by atoms with Crippen molar-refractivity contribution in [1.82, 2.24) is 0 Å². The van der Waals surface area contributed by atoms with Crippen molar-refractivity contribution < 1.29 is 14.3 Å². The van der Waals surface area contributed by atoms with Crippen molar-refractivity contribution in [3.63, 3.8) is 0 Å². The molecule has 0 heterocycles. The Kier molecular flexibility index (Phi) is 6.95. The average Bonchev–Trinajstić information content (AvgIpc) is 2.61. The van der Waals surface area contributed by atoms with Crippen LogP contribution in [-0.2, 0) is 9.47 Å². The highest BCUT2D eigenvalue weighted by molar-refractivity contribution is 6.21. The molecule has 0 amide bonds. The third kappa shape index (κ3) is 5.15. The Morgan fingerprint density at radius 1 is 0.750 bits per heavy atom. The number of hydrogen-bond donors (Lipinski definition) is 0. The average molecular weight is 367 g/mol. The number of rotatable bonds is 6. The second-order valence-electron chi connectivity index (χ2n) is 5.59. The van der Waals surface area contributed by atoms with Crippen molar-refractivity contribution >= 4 is 29.4 Å². The van der Waals surface area contributed by atoms with Gasteiger partial charge in [0, 0.05) is 11.8 Å². The van der Waals surface area contributed by atoms with Crippen molar-refractivity contribution in [2.24, 2.45) is 0 Å². The molecule has 0 saturated heterocycles. The van der Waals surface area contributed by atoms with Crippen LogP contribution >= 0.6 is 23.2 Å². The molecule has 4 atom stereocenters. The predicted octanol–water partition coefficient (Wildman–Crippen LogP) is 5.88. The van der Waals surface area contributed by atoms with Crippen LogP contribution in [0.3, 0.4) is 0 Å². The van der Waals surface area contributed by atoms with Crippen molar-refractivity contribution in [3.05, 3.63) is 71.8 Å². The first-order chi connectivity index (χ1) is 11.5. The van der Waals surface area contributed by atoms with Gasteiger partial charge in [0.2, 0.25) is 0 Å². The van der Waals surface area contributed by atoms with Gasteiger partial charge in [-0.1, -0.05) is 97.7 Å². The van der Waals surface area contributed by atoms with Crippen LogP contribution < -0.4 is 0 Å². The van der Waals surface area contributed by atoms with E-state index in [9.17, 15) is 4.79 Å². The molecule has 5 heteroatoms. The van der Waals surface area contributed by atoms with E-state index in [4.69, 9.17) is 32.7 Å². The molecular formula is C19H20Cl2O3. The van der Waals surface area contributed by atoms with Gasteiger partial charge in [0.1, 0.15) is 0 Å². The summed E-state index contributed by atoms with van der Waals surface area (Å²) in [4.78, 5) is 11.9. The summed E-state index contributed by atoms with van der Waals surface area (Å²) in [5, 5.41) is 0. The van der Waals surface area contributed by atoms with E-state index < -0.39 is 17.3 Å². The Hall–Kier alpha value is -1.71. The highest BCUT2D eigenvalue weighted by Crippen LogP contribution is 2.27. The van der Waals surface area contributed by atoms with E-state index in [2.05, 4.69) is 0 Å². The molecule has 3 nitrogen and oxygen atoms in total. The molecule has 2 rings (SSSR count). The lowest BCUT2D eigenvalue weighted by atomic mass is 10.0. The summed E-state index contributed by atoms with van der Waals surface area (Å²) in [5.74, 6) is -0.332. The van der Waals surface area contributed by atoms with E-state index >= 15 is 0 Å². The molecule has 2 aromatic rings. The summed E-state index contributed by atoms with van der Waals surface area (Å²) < 4.78 is 10.3. The molecular weight excluding hydrogens is 347 g/mol. The SMILES string of the molecule is C[C@@H](c1ccccc1)C(Cl)OC(=O)OC(Cl)[C@@H](C)c1ccccc1. The molecule has 0 fully saturated rings. The first-order valence-corrected chi connectivity index (χ1v) is 8.61. The van der Waals surface area contributed by atoms with Crippen molar-refractivity contribution in [2.75, 3.05) is 0 Å². The second-order valence-corrected chi connectivity index (χ2v) is 6.45. The fourth-order valence-electron chi connectivity index (χ4n) is 2.23. The molecule has 0 aliphatic carbocycles. The van der Waals surface area contributed by atoms with Gasteiger partial charge < -0.3 is 9.47 Å². The van der Waals surface area contributed by atoms with Crippen LogP contribution in [0.1, 0.15) is 36.8 Å². The second kappa shape index (κ2) is 8.95. The molecule has 0 N–H and O–H groups in total. The lowest BCUT2D eigenvalue weighted by Gasteiger charge is -2.22. The Morgan fingerprint density at radius 2 is 1.08 bits per heavy atom. The van der Waals surface area contributed by atoms with Gasteiger partial charge in [-0.2, -0.15) is 0 Å². The lowest BCUT2D eigenvalue weighted by molar-refractivity contribution is 0.0275. The maximum Gasteiger partial charge on any atom is 0.511 e. The number of ether oxygens (including phenoxy) is 2. The zero-order chi connectivity index (χ0) is 17.5. The number of halogens is 2. The smallest absolute Gasteiger partial charge is 0.414 e. The minimum Gasteiger partial charge on any atom is -0.414 e. The predicted molar refractivity (Wildman–Crippen MR) is 96.6 cm³/mol. The molecule has 2 aromatic carbocycles. The topological polar surface area (TPSA) is 35.5 Å². The monoisotopic (exact) mass is 366 g/mol. The summed E-state index contributed by atoms with van der Waals surface area (Å²) in [7, 11) is 0. The molecule has 0 radical (unpaired) electrons. The zero-order valence-electron chi connectivity index (χ0n) is 13.6. The molecule has 0 saturated carbocycles. The number of carbonyl (C=O) groups excluding carboxylic acids is 1. The van der Waals surface area contributed by atoms with Crippen molar-refractivity contribution in [3.8, 4) is 0 Å². The van der Waals surface area contributed by atoms with Crippen LogP contribution in [0.5, 0.6) is 0 Å². The fourth-order valence-corrected chi connectivity index (χ4v) is 2.67. The number of benzene rings is 2. The summed E-state index contributed by atoms with van der Waals surface area (Å²) in [6.45, 7) is 3.76. The first kappa shape index (κ1) is 18.6. The van der Waals surface area contributed by atoms with Crippen LogP contribution in [-0.4, -0.2) is 17.3 Å². The molecule has 2 unspecified atom stereocenters. The van der Waals surface area contributed by atoms with Gasteiger partial charge in [-0.3, -0.25) is 0 Å². The highest BCUT2D eigenvalue weighted by Gasteiger charge is 2.25. The van der Waals surface area contributed by atoms with E-state index in [0.717, 1.165) is 11.1 Å². The van der Waals surface area contributed by atoms with Gasteiger partial charge in [0.05, 0.1) is 0 Å². The van der Waals surface area contributed by atoms with Crippen LogP contribution in [0.4, 0.5) is 4.79 Å². The first-order valence-electron chi connectivity index (χ1n) is 7.74. The summed E-state index contributed by atoms with van der Waals surface area (Å²) in [6, 6.07) is 19.2. The Balaban J connectivity index is 1.88. The van der Waals surface area contributed by atoms with E-state index in [-0.39, 0.29) is 11.8 Å². The summed E-state index contributed by atoms with van der Waals surface area (Å²) in [6.07, 6.45) is -0.874. The Bertz CT molecular complexity index is 578. The van der Waals surface area contributed by atoms with E-state index in [1.807, 2.05) is 74.5 Å². The van der Waals surface area contributed by atoms with Crippen LogP contribution in [0.15, 0.2) is 60.7 Å². The van der Waals surface area contributed by atoms with Gasteiger partial charge in [0.15, 0.2) is 11.1 Å². The van der Waals surface area contributed by atoms with E-state index in [1.54, 1.807) is 0 Å². The number of carbonyl (C=O) groups is 1. The van der Waals surface area contributed by atoms with Crippen LogP contribution in [0.2, 0.25) is 0 Å². The van der Waals surface area contributed by atoms with Gasteiger partial charge >= 0.3 is 6.16 Å². The maximum absolute atomic E-state index is 11.9. The lowest BCUT2D eigenvalue weighted by Crippen LogP contribution is -2.24. The normalized spacial score (nSPS) is 15.8. The third-order valence-corrected chi connectivity index (χ3v) is 4.79. The number of alkyl halides is 2.